The van der Waals surface area contributed by atoms with Crippen LogP contribution in [-0.2, 0) is 6.54 Å². The summed E-state index contributed by atoms with van der Waals surface area (Å²) in [5, 5.41) is 3.61. The predicted molar refractivity (Wildman–Crippen MR) is 111 cm³/mol. The molecule has 136 valence electrons. The molecular formula is C22H32N2S. The third-order valence-corrected chi connectivity index (χ3v) is 5.29. The van der Waals surface area contributed by atoms with Gasteiger partial charge in [-0.15, -0.1) is 11.8 Å². The Hall–Kier alpha value is -1.29. The molecule has 0 saturated heterocycles. The first kappa shape index (κ1) is 20.0. The van der Waals surface area contributed by atoms with E-state index >= 15 is 0 Å². The molecule has 0 unspecified atom stereocenters. The standard InChI is InChI=1S/C22H32N2S/c1-2-3-17-24(20-21-11-6-4-7-12-21)18-16-23-15-10-19-25-22-13-8-5-9-14-22/h4-9,11-14,23H,2-3,10,15-20H2,1H3. The molecular weight excluding hydrogens is 324 g/mol. The second-order valence-electron chi connectivity index (χ2n) is 6.38. The zero-order valence-electron chi connectivity index (χ0n) is 15.5. The second-order valence-corrected chi connectivity index (χ2v) is 7.55. The molecule has 25 heavy (non-hydrogen) atoms. The molecule has 0 radical (unpaired) electrons. The third-order valence-electron chi connectivity index (χ3n) is 4.19. The summed E-state index contributed by atoms with van der Waals surface area (Å²) >= 11 is 1.95. The lowest BCUT2D eigenvalue weighted by Gasteiger charge is -2.22. The van der Waals surface area contributed by atoms with Crippen molar-refractivity contribution in [2.45, 2.75) is 37.6 Å². The van der Waals surface area contributed by atoms with E-state index in [1.54, 1.807) is 0 Å². The molecule has 2 aromatic rings. The first-order valence-electron chi connectivity index (χ1n) is 9.53. The molecule has 0 atom stereocenters. The average molecular weight is 357 g/mol. The second kappa shape index (κ2) is 13.0. The molecule has 0 aromatic heterocycles. The van der Waals surface area contributed by atoms with Gasteiger partial charge in [0.2, 0.25) is 0 Å². The van der Waals surface area contributed by atoms with Crippen molar-refractivity contribution in [1.82, 2.24) is 10.2 Å². The molecule has 1 N–H and O–H groups in total. The first-order valence-corrected chi connectivity index (χ1v) is 10.5. The topological polar surface area (TPSA) is 15.3 Å². The minimum atomic E-state index is 1.06. The van der Waals surface area contributed by atoms with Crippen molar-refractivity contribution in [2.24, 2.45) is 0 Å². The van der Waals surface area contributed by atoms with Crippen molar-refractivity contribution >= 4 is 11.8 Å². The van der Waals surface area contributed by atoms with E-state index in [1.807, 2.05) is 11.8 Å². The average Bonchev–Trinajstić information content (AvgIpc) is 2.66. The zero-order valence-corrected chi connectivity index (χ0v) is 16.3. The van der Waals surface area contributed by atoms with Gasteiger partial charge in [-0.3, -0.25) is 4.90 Å². The van der Waals surface area contributed by atoms with Gasteiger partial charge in [0.25, 0.3) is 0 Å². The maximum Gasteiger partial charge on any atom is 0.0234 e. The fourth-order valence-corrected chi connectivity index (χ4v) is 3.63. The quantitative estimate of drug-likeness (QED) is 0.399. The Bertz CT molecular complexity index is 544. The van der Waals surface area contributed by atoms with Gasteiger partial charge in [-0.1, -0.05) is 61.9 Å². The van der Waals surface area contributed by atoms with Crippen LogP contribution >= 0.6 is 11.8 Å². The van der Waals surface area contributed by atoms with E-state index in [-0.39, 0.29) is 0 Å². The van der Waals surface area contributed by atoms with E-state index in [0.717, 1.165) is 26.2 Å². The van der Waals surface area contributed by atoms with Crippen molar-refractivity contribution in [3.8, 4) is 0 Å². The van der Waals surface area contributed by atoms with E-state index in [1.165, 1.54) is 42.0 Å². The van der Waals surface area contributed by atoms with Crippen LogP contribution in [0.15, 0.2) is 65.6 Å². The van der Waals surface area contributed by atoms with Gasteiger partial charge in [0.05, 0.1) is 0 Å². The summed E-state index contributed by atoms with van der Waals surface area (Å²) in [6.45, 7) is 7.83. The Morgan fingerprint density at radius 2 is 1.56 bits per heavy atom. The lowest BCUT2D eigenvalue weighted by molar-refractivity contribution is 0.261. The van der Waals surface area contributed by atoms with Gasteiger partial charge >= 0.3 is 0 Å². The molecule has 2 nitrogen and oxygen atoms in total. The highest BCUT2D eigenvalue weighted by molar-refractivity contribution is 7.99. The fourth-order valence-electron chi connectivity index (χ4n) is 2.76. The molecule has 3 heteroatoms. The van der Waals surface area contributed by atoms with E-state index in [0.29, 0.717) is 0 Å². The van der Waals surface area contributed by atoms with Gasteiger partial charge in [0.1, 0.15) is 0 Å². The van der Waals surface area contributed by atoms with Crippen molar-refractivity contribution in [2.75, 3.05) is 31.9 Å². The summed E-state index contributed by atoms with van der Waals surface area (Å²) in [6.07, 6.45) is 3.75. The van der Waals surface area contributed by atoms with E-state index in [2.05, 4.69) is 77.8 Å². The Kier molecular flexibility index (Phi) is 10.4. The van der Waals surface area contributed by atoms with Crippen molar-refractivity contribution in [1.29, 1.82) is 0 Å². The van der Waals surface area contributed by atoms with Crippen molar-refractivity contribution in [3.63, 3.8) is 0 Å². The van der Waals surface area contributed by atoms with Gasteiger partial charge in [-0.25, -0.2) is 0 Å². The van der Waals surface area contributed by atoms with Gasteiger partial charge in [-0.05, 0) is 49.4 Å². The normalized spacial score (nSPS) is 11.1. The van der Waals surface area contributed by atoms with Crippen LogP contribution in [0.25, 0.3) is 0 Å². The minimum absolute atomic E-state index is 1.06. The van der Waals surface area contributed by atoms with Crippen LogP contribution in [0.1, 0.15) is 31.7 Å². The lowest BCUT2D eigenvalue weighted by Crippen LogP contribution is -2.33. The summed E-state index contributed by atoms with van der Waals surface area (Å²) in [7, 11) is 0. The Balaban J connectivity index is 1.58. The third kappa shape index (κ3) is 9.10. The Morgan fingerprint density at radius 3 is 2.28 bits per heavy atom. The number of thioether (sulfide) groups is 1. The largest absolute Gasteiger partial charge is 0.315 e. The molecule has 0 aliphatic heterocycles. The number of hydrogen-bond acceptors (Lipinski definition) is 3. The van der Waals surface area contributed by atoms with Crippen LogP contribution in [0, 0.1) is 0 Å². The Morgan fingerprint density at radius 1 is 0.840 bits per heavy atom. The number of hydrogen-bond donors (Lipinski definition) is 1. The van der Waals surface area contributed by atoms with E-state index in [9.17, 15) is 0 Å². The van der Waals surface area contributed by atoms with Crippen LogP contribution < -0.4 is 5.32 Å². The van der Waals surface area contributed by atoms with Gasteiger partial charge in [0, 0.05) is 24.5 Å². The molecule has 0 bridgehead atoms. The lowest BCUT2D eigenvalue weighted by atomic mass is 10.2. The van der Waals surface area contributed by atoms with E-state index < -0.39 is 0 Å². The van der Waals surface area contributed by atoms with Crippen molar-refractivity contribution < 1.29 is 0 Å². The number of nitrogens with one attached hydrogen (secondary N) is 1. The SMILES string of the molecule is CCCCN(CCNCCCSc1ccccc1)Cc1ccccc1. The molecule has 0 aliphatic rings. The summed E-state index contributed by atoms with van der Waals surface area (Å²) in [6, 6.07) is 21.5. The van der Waals surface area contributed by atoms with Gasteiger partial charge in [0.15, 0.2) is 0 Å². The zero-order chi connectivity index (χ0) is 17.6. The van der Waals surface area contributed by atoms with Crippen LogP contribution in [0.2, 0.25) is 0 Å². The predicted octanol–water partition coefficient (Wildman–Crippen LogP) is 5.06. The number of nitrogens with zero attached hydrogens (tertiary/aromatic N) is 1. The molecule has 0 spiro atoms. The number of rotatable bonds is 13. The van der Waals surface area contributed by atoms with Gasteiger partial charge < -0.3 is 5.32 Å². The molecule has 2 aromatic carbocycles. The van der Waals surface area contributed by atoms with E-state index in [4.69, 9.17) is 0 Å². The van der Waals surface area contributed by atoms with Crippen LogP contribution in [-0.4, -0.2) is 36.8 Å². The smallest absolute Gasteiger partial charge is 0.0234 e. The monoisotopic (exact) mass is 356 g/mol. The van der Waals surface area contributed by atoms with Crippen molar-refractivity contribution in [3.05, 3.63) is 66.2 Å². The molecule has 0 heterocycles. The fraction of sp³-hybridized carbons (Fsp3) is 0.455. The number of benzene rings is 2. The number of unbranched alkanes of at least 4 members (excludes halogenated alkanes) is 1. The highest BCUT2D eigenvalue weighted by Gasteiger charge is 2.05. The molecule has 0 aliphatic carbocycles. The molecule has 0 fully saturated rings. The maximum absolute atomic E-state index is 3.61. The summed E-state index contributed by atoms with van der Waals surface area (Å²) < 4.78 is 0. The highest BCUT2D eigenvalue weighted by Crippen LogP contribution is 2.17. The van der Waals surface area contributed by atoms with Crippen LogP contribution in [0.3, 0.4) is 0 Å². The highest BCUT2D eigenvalue weighted by atomic mass is 32.2. The molecule has 0 saturated carbocycles. The van der Waals surface area contributed by atoms with Crippen LogP contribution in [0.5, 0.6) is 0 Å². The molecule has 0 amide bonds. The minimum Gasteiger partial charge on any atom is -0.315 e. The van der Waals surface area contributed by atoms with Crippen LogP contribution in [0.4, 0.5) is 0 Å². The first-order chi connectivity index (χ1) is 12.4. The molecule has 2 rings (SSSR count). The Labute approximate surface area is 158 Å². The van der Waals surface area contributed by atoms with Gasteiger partial charge in [-0.2, -0.15) is 0 Å². The summed E-state index contributed by atoms with van der Waals surface area (Å²) in [4.78, 5) is 3.95. The summed E-state index contributed by atoms with van der Waals surface area (Å²) in [5.41, 5.74) is 1.41. The summed E-state index contributed by atoms with van der Waals surface area (Å²) in [5.74, 6) is 1.18. The maximum atomic E-state index is 3.61.